The number of piperidine rings is 2. The van der Waals surface area contributed by atoms with Crippen LogP contribution in [0.4, 0.5) is 5.82 Å². The van der Waals surface area contributed by atoms with E-state index in [9.17, 15) is 4.79 Å². The van der Waals surface area contributed by atoms with E-state index in [1.54, 1.807) is 12.3 Å². The van der Waals surface area contributed by atoms with Crippen molar-refractivity contribution in [3.8, 4) is 6.07 Å². The van der Waals surface area contributed by atoms with Gasteiger partial charge in [-0.1, -0.05) is 11.6 Å². The van der Waals surface area contributed by atoms with Gasteiger partial charge in [-0.15, -0.1) is 0 Å². The lowest BCUT2D eigenvalue weighted by Gasteiger charge is -2.50. The highest BCUT2D eigenvalue weighted by Gasteiger charge is 2.47. The van der Waals surface area contributed by atoms with Gasteiger partial charge in [0.05, 0.1) is 16.5 Å². The minimum Gasteiger partial charge on any atom is -0.354 e. The minimum absolute atomic E-state index is 0.184. The Kier molecular flexibility index (Phi) is 6.05. The molecule has 7 nitrogen and oxygen atoms in total. The summed E-state index contributed by atoms with van der Waals surface area (Å²) in [5.74, 6) is 2.56. The Bertz CT molecular complexity index is 864. The van der Waals surface area contributed by atoms with Crippen LogP contribution in [-0.2, 0) is 4.79 Å². The Morgan fingerprint density at radius 2 is 2.06 bits per heavy atom. The van der Waals surface area contributed by atoms with Crippen LogP contribution < -0.4 is 15.5 Å². The van der Waals surface area contributed by atoms with Gasteiger partial charge in [0.15, 0.2) is 0 Å². The van der Waals surface area contributed by atoms with Gasteiger partial charge < -0.3 is 15.5 Å². The van der Waals surface area contributed by atoms with Crippen LogP contribution >= 0.6 is 11.6 Å². The van der Waals surface area contributed by atoms with Crippen molar-refractivity contribution in [1.29, 1.82) is 5.26 Å². The van der Waals surface area contributed by atoms with Crippen molar-refractivity contribution in [2.45, 2.75) is 44.2 Å². The number of piperazine rings is 1. The third kappa shape index (κ3) is 4.26. The van der Waals surface area contributed by atoms with Crippen LogP contribution in [0, 0.1) is 29.1 Å². The molecule has 1 aromatic heterocycles. The van der Waals surface area contributed by atoms with Crippen LogP contribution in [-0.4, -0.2) is 67.1 Å². The first-order chi connectivity index (χ1) is 15.1. The van der Waals surface area contributed by atoms with Crippen LogP contribution in [0.15, 0.2) is 12.3 Å². The summed E-state index contributed by atoms with van der Waals surface area (Å²) in [5.41, 5.74) is 0.421. The highest BCUT2D eigenvalue weighted by atomic mass is 35.5. The number of nitrogens with zero attached hydrogens (tertiary/aromatic N) is 4. The van der Waals surface area contributed by atoms with Crippen molar-refractivity contribution in [2.24, 2.45) is 17.8 Å². The van der Waals surface area contributed by atoms with Gasteiger partial charge >= 0.3 is 0 Å². The van der Waals surface area contributed by atoms with Gasteiger partial charge in [0.1, 0.15) is 11.9 Å². The van der Waals surface area contributed by atoms with E-state index >= 15 is 0 Å². The maximum atomic E-state index is 12.6. The SMILES string of the molecule is N#Cc1cnc(N2CCN(CC3CCC4C(C3)NC(=O)C3CCCNC34)CC2)cc1Cl. The molecule has 4 aliphatic rings. The molecule has 1 saturated carbocycles. The number of hydrogen-bond donors (Lipinski definition) is 2. The van der Waals surface area contributed by atoms with Crippen molar-refractivity contribution >= 4 is 23.3 Å². The zero-order chi connectivity index (χ0) is 21.4. The zero-order valence-electron chi connectivity index (χ0n) is 17.9. The summed E-state index contributed by atoms with van der Waals surface area (Å²) >= 11 is 6.18. The molecule has 0 spiro atoms. The number of carbonyl (C=O) groups is 1. The fraction of sp³-hybridized carbons (Fsp3) is 0.696. The van der Waals surface area contributed by atoms with E-state index in [0.29, 0.717) is 34.5 Å². The van der Waals surface area contributed by atoms with E-state index in [4.69, 9.17) is 16.9 Å². The topological polar surface area (TPSA) is 84.3 Å². The number of pyridine rings is 1. The standard InChI is InChI=1S/C23H31ClN6O/c24-19-11-21(27-13-16(19)12-25)30-8-6-29(7-9-30)14-15-3-4-17-20(10-15)28-23(31)18-2-1-5-26-22(17)18/h11,13,15,17-18,20,22,26H,1-10,14H2,(H,28,31). The summed E-state index contributed by atoms with van der Waals surface area (Å²) in [4.78, 5) is 21.8. The van der Waals surface area contributed by atoms with Crippen molar-refractivity contribution in [2.75, 3.05) is 44.2 Å². The van der Waals surface area contributed by atoms with Gasteiger partial charge in [0.2, 0.25) is 5.91 Å². The van der Waals surface area contributed by atoms with Gasteiger partial charge in [0.25, 0.3) is 0 Å². The lowest BCUT2D eigenvalue weighted by Crippen LogP contribution is -2.64. The van der Waals surface area contributed by atoms with Crippen LogP contribution in [0.5, 0.6) is 0 Å². The summed E-state index contributed by atoms with van der Waals surface area (Å²) in [6.07, 6.45) is 7.30. The molecular formula is C23H31ClN6O. The Labute approximate surface area is 189 Å². The molecule has 8 heteroatoms. The van der Waals surface area contributed by atoms with E-state index < -0.39 is 0 Å². The van der Waals surface area contributed by atoms with Crippen molar-refractivity contribution in [3.63, 3.8) is 0 Å². The van der Waals surface area contributed by atoms with E-state index in [-0.39, 0.29) is 11.8 Å². The zero-order valence-corrected chi connectivity index (χ0v) is 18.7. The van der Waals surface area contributed by atoms with E-state index in [1.807, 2.05) is 0 Å². The lowest BCUT2D eigenvalue weighted by atomic mass is 9.67. The van der Waals surface area contributed by atoms with Crippen molar-refractivity contribution in [3.05, 3.63) is 22.8 Å². The van der Waals surface area contributed by atoms with Crippen molar-refractivity contribution in [1.82, 2.24) is 20.5 Å². The summed E-state index contributed by atoms with van der Waals surface area (Å²) in [6, 6.07) is 4.60. The average molecular weight is 443 g/mol. The summed E-state index contributed by atoms with van der Waals surface area (Å²) < 4.78 is 0. The number of aromatic nitrogens is 1. The Morgan fingerprint density at radius 3 is 2.84 bits per heavy atom. The molecule has 3 saturated heterocycles. The molecule has 166 valence electrons. The predicted molar refractivity (Wildman–Crippen MR) is 120 cm³/mol. The highest BCUT2D eigenvalue weighted by Crippen LogP contribution is 2.39. The maximum absolute atomic E-state index is 12.6. The number of halogens is 1. The lowest BCUT2D eigenvalue weighted by molar-refractivity contribution is -0.133. The first-order valence-corrected chi connectivity index (χ1v) is 12.1. The maximum Gasteiger partial charge on any atom is 0.224 e. The molecule has 3 aliphatic heterocycles. The monoisotopic (exact) mass is 442 g/mol. The van der Waals surface area contributed by atoms with Crippen molar-refractivity contribution < 1.29 is 4.79 Å². The van der Waals surface area contributed by atoms with Gasteiger partial charge in [-0.05, 0) is 50.5 Å². The molecule has 0 radical (unpaired) electrons. The molecule has 0 aromatic carbocycles. The molecule has 1 aromatic rings. The number of nitriles is 1. The number of amides is 1. The van der Waals surface area contributed by atoms with E-state index in [1.165, 1.54) is 12.8 Å². The summed E-state index contributed by atoms with van der Waals surface area (Å²) in [6.45, 7) is 6.00. The first-order valence-electron chi connectivity index (χ1n) is 11.7. The normalized spacial score (nSPS) is 33.7. The molecule has 5 unspecified atom stereocenters. The molecule has 4 heterocycles. The Hall–Kier alpha value is -1.88. The van der Waals surface area contributed by atoms with E-state index in [2.05, 4.69) is 31.5 Å². The second-order valence-corrected chi connectivity index (χ2v) is 10.0. The molecule has 1 amide bonds. The Balaban J connectivity index is 1.14. The fourth-order valence-corrected chi connectivity index (χ4v) is 6.38. The molecule has 31 heavy (non-hydrogen) atoms. The molecule has 5 rings (SSSR count). The third-order valence-corrected chi connectivity index (χ3v) is 8.13. The third-order valence-electron chi connectivity index (χ3n) is 7.82. The summed E-state index contributed by atoms with van der Waals surface area (Å²) in [7, 11) is 0. The highest BCUT2D eigenvalue weighted by molar-refractivity contribution is 6.31. The second-order valence-electron chi connectivity index (χ2n) is 9.61. The number of fused-ring (bicyclic) bond motifs is 3. The van der Waals surface area contributed by atoms with Gasteiger partial charge in [-0.3, -0.25) is 9.69 Å². The molecule has 4 fully saturated rings. The number of nitrogens with one attached hydrogen (secondary N) is 2. The number of rotatable bonds is 3. The average Bonchev–Trinajstić information content (AvgIpc) is 2.79. The first kappa shape index (κ1) is 21.0. The molecule has 0 bridgehead atoms. The smallest absolute Gasteiger partial charge is 0.224 e. The quantitative estimate of drug-likeness (QED) is 0.745. The second kappa shape index (κ2) is 8.93. The number of carbonyl (C=O) groups excluding carboxylic acids is 1. The number of anilines is 1. The number of hydrogen-bond acceptors (Lipinski definition) is 6. The Morgan fingerprint density at radius 1 is 1.23 bits per heavy atom. The molecule has 5 atom stereocenters. The summed E-state index contributed by atoms with van der Waals surface area (Å²) in [5, 5.41) is 16.5. The van der Waals surface area contributed by atoms with Crippen LogP contribution in [0.2, 0.25) is 5.02 Å². The van der Waals surface area contributed by atoms with Gasteiger partial charge in [-0.25, -0.2) is 4.98 Å². The molecular weight excluding hydrogens is 412 g/mol. The van der Waals surface area contributed by atoms with Crippen LogP contribution in [0.3, 0.4) is 0 Å². The van der Waals surface area contributed by atoms with Crippen LogP contribution in [0.25, 0.3) is 0 Å². The molecule has 2 N–H and O–H groups in total. The molecule has 1 aliphatic carbocycles. The van der Waals surface area contributed by atoms with Crippen LogP contribution in [0.1, 0.15) is 37.7 Å². The minimum atomic E-state index is 0.184. The predicted octanol–water partition coefficient (Wildman–Crippen LogP) is 2.01. The van der Waals surface area contributed by atoms with Gasteiger partial charge in [-0.2, -0.15) is 5.26 Å². The van der Waals surface area contributed by atoms with Gasteiger partial charge in [0, 0.05) is 57.1 Å². The largest absolute Gasteiger partial charge is 0.354 e. The fourth-order valence-electron chi connectivity index (χ4n) is 6.19. The van der Waals surface area contributed by atoms with E-state index in [0.717, 1.165) is 64.3 Å².